The zero-order valence-electron chi connectivity index (χ0n) is 14.0. The van der Waals surface area contributed by atoms with Gasteiger partial charge in [0.25, 0.3) is 0 Å². The molecule has 0 bridgehead atoms. The minimum Gasteiger partial charge on any atom is -0.497 e. The van der Waals surface area contributed by atoms with Crippen molar-refractivity contribution in [3.05, 3.63) is 59.9 Å². The Labute approximate surface area is 137 Å². The second-order valence-electron chi connectivity index (χ2n) is 5.93. The first-order valence-electron chi connectivity index (χ1n) is 7.94. The standard InChI is InChI=1S/C19H24N2O2/c1-14(2)11-13-21-19(22)18(17-6-4-5-12-20-17)15-7-9-16(23-3)10-8-15/h4-10,12,14,18H,11,13H2,1-3H3,(H,21,22). The Bertz CT molecular complexity index is 609. The van der Waals surface area contributed by atoms with E-state index in [-0.39, 0.29) is 5.91 Å². The van der Waals surface area contributed by atoms with Crippen LogP contribution in [0.1, 0.15) is 37.4 Å². The highest BCUT2D eigenvalue weighted by molar-refractivity contribution is 5.86. The van der Waals surface area contributed by atoms with E-state index in [1.165, 1.54) is 0 Å². The van der Waals surface area contributed by atoms with Gasteiger partial charge in [0.1, 0.15) is 11.7 Å². The number of carbonyl (C=O) groups excluding carboxylic acids is 1. The third-order valence-electron chi connectivity index (χ3n) is 3.72. The van der Waals surface area contributed by atoms with E-state index in [1.54, 1.807) is 13.3 Å². The summed E-state index contributed by atoms with van der Waals surface area (Å²) in [6.07, 6.45) is 2.68. The molecule has 1 unspecified atom stereocenters. The fourth-order valence-corrected chi connectivity index (χ4v) is 2.39. The first-order chi connectivity index (χ1) is 11.1. The molecule has 23 heavy (non-hydrogen) atoms. The van der Waals surface area contributed by atoms with Gasteiger partial charge < -0.3 is 10.1 Å². The van der Waals surface area contributed by atoms with Crippen molar-refractivity contribution in [3.8, 4) is 5.75 Å². The number of nitrogens with zero attached hydrogens (tertiary/aromatic N) is 1. The normalized spacial score (nSPS) is 12.0. The van der Waals surface area contributed by atoms with Gasteiger partial charge in [0.05, 0.1) is 12.8 Å². The Morgan fingerprint density at radius 3 is 2.48 bits per heavy atom. The second-order valence-corrected chi connectivity index (χ2v) is 5.93. The van der Waals surface area contributed by atoms with Gasteiger partial charge in [-0.1, -0.05) is 32.0 Å². The van der Waals surface area contributed by atoms with Crippen LogP contribution in [-0.4, -0.2) is 24.5 Å². The number of hydrogen-bond donors (Lipinski definition) is 1. The van der Waals surface area contributed by atoms with E-state index >= 15 is 0 Å². The summed E-state index contributed by atoms with van der Waals surface area (Å²) >= 11 is 0. The summed E-state index contributed by atoms with van der Waals surface area (Å²) < 4.78 is 5.19. The van der Waals surface area contributed by atoms with Crippen LogP contribution in [0, 0.1) is 5.92 Å². The smallest absolute Gasteiger partial charge is 0.233 e. The molecule has 1 aromatic heterocycles. The molecule has 2 rings (SSSR count). The average Bonchev–Trinajstić information content (AvgIpc) is 2.56. The minimum atomic E-state index is -0.408. The molecule has 1 heterocycles. The molecule has 0 saturated carbocycles. The first kappa shape index (κ1) is 17.0. The highest BCUT2D eigenvalue weighted by atomic mass is 16.5. The molecule has 0 aliphatic carbocycles. The summed E-state index contributed by atoms with van der Waals surface area (Å²) in [5.74, 6) is 0.905. The van der Waals surface area contributed by atoms with E-state index < -0.39 is 5.92 Å². The van der Waals surface area contributed by atoms with Crippen LogP contribution in [0.3, 0.4) is 0 Å². The third kappa shape index (κ3) is 4.81. The molecule has 1 aromatic carbocycles. The topological polar surface area (TPSA) is 51.2 Å². The summed E-state index contributed by atoms with van der Waals surface area (Å²) in [7, 11) is 1.63. The molecule has 1 N–H and O–H groups in total. The summed E-state index contributed by atoms with van der Waals surface area (Å²) in [6.45, 7) is 4.97. The van der Waals surface area contributed by atoms with Crippen molar-refractivity contribution in [2.24, 2.45) is 5.92 Å². The van der Waals surface area contributed by atoms with Gasteiger partial charge in [0, 0.05) is 12.7 Å². The van der Waals surface area contributed by atoms with Gasteiger partial charge in [0.2, 0.25) is 5.91 Å². The lowest BCUT2D eigenvalue weighted by molar-refractivity contribution is -0.121. The molecule has 0 radical (unpaired) electrons. The Hall–Kier alpha value is -2.36. The van der Waals surface area contributed by atoms with E-state index in [0.29, 0.717) is 12.5 Å². The van der Waals surface area contributed by atoms with Gasteiger partial charge in [-0.2, -0.15) is 0 Å². The Morgan fingerprint density at radius 1 is 1.17 bits per heavy atom. The maximum Gasteiger partial charge on any atom is 0.233 e. The number of hydrogen-bond acceptors (Lipinski definition) is 3. The number of benzene rings is 1. The van der Waals surface area contributed by atoms with Crippen molar-refractivity contribution in [2.75, 3.05) is 13.7 Å². The number of ether oxygens (including phenoxy) is 1. The lowest BCUT2D eigenvalue weighted by atomic mass is 9.94. The molecule has 0 saturated heterocycles. The van der Waals surface area contributed by atoms with Gasteiger partial charge in [-0.3, -0.25) is 9.78 Å². The predicted octanol–water partition coefficient (Wildman–Crippen LogP) is 3.38. The summed E-state index contributed by atoms with van der Waals surface area (Å²) in [5, 5.41) is 3.03. The van der Waals surface area contributed by atoms with Gasteiger partial charge in [0.15, 0.2) is 0 Å². The van der Waals surface area contributed by atoms with Gasteiger partial charge in [-0.15, -0.1) is 0 Å². The van der Waals surface area contributed by atoms with Crippen molar-refractivity contribution < 1.29 is 9.53 Å². The molecular weight excluding hydrogens is 288 g/mol. The molecule has 1 atom stereocenters. The number of methoxy groups -OCH3 is 1. The van der Waals surface area contributed by atoms with Crippen molar-refractivity contribution in [2.45, 2.75) is 26.2 Å². The van der Waals surface area contributed by atoms with Gasteiger partial charge in [-0.25, -0.2) is 0 Å². The van der Waals surface area contributed by atoms with Crippen molar-refractivity contribution in [3.63, 3.8) is 0 Å². The number of nitrogens with one attached hydrogen (secondary N) is 1. The quantitative estimate of drug-likeness (QED) is 0.852. The van der Waals surface area contributed by atoms with Crippen LogP contribution in [0.15, 0.2) is 48.7 Å². The summed E-state index contributed by atoms with van der Waals surface area (Å²) in [6, 6.07) is 13.2. The van der Waals surface area contributed by atoms with Crippen molar-refractivity contribution in [1.82, 2.24) is 10.3 Å². The largest absolute Gasteiger partial charge is 0.497 e. The van der Waals surface area contributed by atoms with Crippen LogP contribution in [0.4, 0.5) is 0 Å². The molecule has 4 heteroatoms. The number of rotatable bonds is 7. The van der Waals surface area contributed by atoms with Crippen LogP contribution in [0.5, 0.6) is 5.75 Å². The third-order valence-corrected chi connectivity index (χ3v) is 3.72. The molecule has 4 nitrogen and oxygen atoms in total. The zero-order chi connectivity index (χ0) is 16.7. The lowest BCUT2D eigenvalue weighted by Crippen LogP contribution is -2.31. The molecule has 2 aromatic rings. The minimum absolute atomic E-state index is 0.0190. The van der Waals surface area contributed by atoms with E-state index in [2.05, 4.69) is 24.1 Å². The Balaban J connectivity index is 2.22. The Kier molecular flexibility index (Phi) is 6.15. The molecule has 0 spiro atoms. The van der Waals surface area contributed by atoms with E-state index in [4.69, 9.17) is 4.74 Å². The first-order valence-corrected chi connectivity index (χ1v) is 7.94. The van der Waals surface area contributed by atoms with E-state index in [0.717, 1.165) is 23.4 Å². The zero-order valence-corrected chi connectivity index (χ0v) is 14.0. The molecule has 122 valence electrons. The average molecular weight is 312 g/mol. The highest BCUT2D eigenvalue weighted by Crippen LogP contribution is 2.25. The van der Waals surface area contributed by atoms with E-state index in [9.17, 15) is 4.79 Å². The van der Waals surface area contributed by atoms with Crippen molar-refractivity contribution in [1.29, 1.82) is 0 Å². The molecule has 0 fully saturated rings. The summed E-state index contributed by atoms with van der Waals surface area (Å²) in [4.78, 5) is 17.1. The SMILES string of the molecule is COc1ccc(C(C(=O)NCCC(C)C)c2ccccn2)cc1. The molecule has 0 aliphatic heterocycles. The Morgan fingerprint density at radius 2 is 1.91 bits per heavy atom. The number of amides is 1. The maximum absolute atomic E-state index is 12.7. The van der Waals surface area contributed by atoms with E-state index in [1.807, 2.05) is 42.5 Å². The predicted molar refractivity (Wildman–Crippen MR) is 91.5 cm³/mol. The van der Waals surface area contributed by atoms with Crippen LogP contribution < -0.4 is 10.1 Å². The van der Waals surface area contributed by atoms with Crippen molar-refractivity contribution >= 4 is 5.91 Å². The molecular formula is C19H24N2O2. The maximum atomic E-state index is 12.7. The number of aromatic nitrogens is 1. The number of pyridine rings is 1. The fraction of sp³-hybridized carbons (Fsp3) is 0.368. The van der Waals surface area contributed by atoms with Gasteiger partial charge in [-0.05, 0) is 42.2 Å². The molecule has 0 aliphatic rings. The van der Waals surface area contributed by atoms with Crippen LogP contribution in [0.25, 0.3) is 0 Å². The second kappa shape index (κ2) is 8.32. The fourth-order valence-electron chi connectivity index (χ4n) is 2.39. The summed E-state index contributed by atoms with van der Waals surface area (Å²) in [5.41, 5.74) is 1.66. The van der Waals surface area contributed by atoms with Crippen LogP contribution in [0.2, 0.25) is 0 Å². The van der Waals surface area contributed by atoms with Gasteiger partial charge >= 0.3 is 0 Å². The molecule has 1 amide bonds. The number of carbonyl (C=O) groups is 1. The lowest BCUT2D eigenvalue weighted by Gasteiger charge is -2.17. The van der Waals surface area contributed by atoms with Crippen LogP contribution >= 0.6 is 0 Å². The monoisotopic (exact) mass is 312 g/mol. The highest BCUT2D eigenvalue weighted by Gasteiger charge is 2.23. The van der Waals surface area contributed by atoms with Crippen LogP contribution in [-0.2, 0) is 4.79 Å².